The molecule has 1 unspecified atom stereocenters. The second kappa shape index (κ2) is 13.1. The number of halogens is 1. The minimum Gasteiger partial charge on any atom is -0.484 e. The van der Waals surface area contributed by atoms with E-state index in [0.29, 0.717) is 23.7 Å². The zero-order valence-corrected chi connectivity index (χ0v) is 22.2. The second-order valence-corrected chi connectivity index (χ2v) is 9.97. The van der Waals surface area contributed by atoms with E-state index in [-0.39, 0.29) is 30.9 Å². The Morgan fingerprint density at radius 1 is 0.917 bits per heavy atom. The third kappa shape index (κ3) is 8.13. The van der Waals surface area contributed by atoms with Crippen LogP contribution in [0.2, 0.25) is 5.02 Å². The summed E-state index contributed by atoms with van der Waals surface area (Å²) in [7, 11) is 0. The van der Waals surface area contributed by atoms with Crippen LogP contribution >= 0.6 is 11.6 Å². The molecule has 5 nitrogen and oxygen atoms in total. The summed E-state index contributed by atoms with van der Waals surface area (Å²) in [6.45, 7) is 8.71. The third-order valence-corrected chi connectivity index (χ3v) is 6.27. The quantitative estimate of drug-likeness (QED) is 0.360. The molecular formula is C30H35ClN2O3. The van der Waals surface area contributed by atoms with Crippen molar-refractivity contribution in [1.82, 2.24) is 10.2 Å². The molecule has 0 aliphatic carbocycles. The molecule has 1 N–H and O–H groups in total. The van der Waals surface area contributed by atoms with Gasteiger partial charge >= 0.3 is 0 Å². The average Bonchev–Trinajstić information content (AvgIpc) is 2.86. The number of nitrogens with zero attached hydrogens (tertiary/aromatic N) is 1. The van der Waals surface area contributed by atoms with E-state index in [1.807, 2.05) is 94.4 Å². The van der Waals surface area contributed by atoms with Gasteiger partial charge in [0, 0.05) is 24.5 Å². The lowest BCUT2D eigenvalue weighted by Gasteiger charge is -2.31. The van der Waals surface area contributed by atoms with Crippen LogP contribution in [0.25, 0.3) is 0 Å². The van der Waals surface area contributed by atoms with Gasteiger partial charge in [-0.05, 0) is 66.3 Å². The van der Waals surface area contributed by atoms with Crippen LogP contribution in [0.4, 0.5) is 0 Å². The molecule has 2 amide bonds. The smallest absolute Gasteiger partial charge is 0.261 e. The van der Waals surface area contributed by atoms with E-state index in [1.54, 1.807) is 11.0 Å². The number of hydrogen-bond donors (Lipinski definition) is 1. The Kier molecular flexibility index (Phi) is 9.95. The monoisotopic (exact) mass is 506 g/mol. The predicted octanol–water partition coefficient (Wildman–Crippen LogP) is 5.75. The van der Waals surface area contributed by atoms with E-state index < -0.39 is 6.04 Å². The molecule has 0 saturated heterocycles. The minimum absolute atomic E-state index is 0.175. The van der Waals surface area contributed by atoms with E-state index in [9.17, 15) is 9.59 Å². The van der Waals surface area contributed by atoms with Gasteiger partial charge in [0.15, 0.2) is 6.61 Å². The highest BCUT2D eigenvalue weighted by atomic mass is 35.5. The highest BCUT2D eigenvalue weighted by Gasteiger charge is 2.30. The molecule has 0 fully saturated rings. The molecule has 6 heteroatoms. The van der Waals surface area contributed by atoms with Crippen molar-refractivity contribution in [3.8, 4) is 5.75 Å². The third-order valence-electron chi connectivity index (χ3n) is 6.04. The second-order valence-electron chi connectivity index (χ2n) is 9.53. The number of rotatable bonds is 11. The molecule has 0 bridgehead atoms. The molecular weight excluding hydrogens is 472 g/mol. The van der Waals surface area contributed by atoms with E-state index in [4.69, 9.17) is 16.3 Å². The maximum absolute atomic E-state index is 13.6. The van der Waals surface area contributed by atoms with Gasteiger partial charge in [-0.2, -0.15) is 0 Å². The van der Waals surface area contributed by atoms with Crippen molar-refractivity contribution in [2.24, 2.45) is 5.92 Å². The fourth-order valence-electron chi connectivity index (χ4n) is 3.84. The van der Waals surface area contributed by atoms with Crippen molar-refractivity contribution >= 4 is 23.4 Å². The molecule has 1 atom stereocenters. The predicted molar refractivity (Wildman–Crippen MR) is 145 cm³/mol. The number of ether oxygens (including phenoxy) is 1. The van der Waals surface area contributed by atoms with Gasteiger partial charge in [-0.3, -0.25) is 9.59 Å². The largest absolute Gasteiger partial charge is 0.484 e. The number of carbonyl (C=O) groups is 2. The highest BCUT2D eigenvalue weighted by molar-refractivity contribution is 6.30. The van der Waals surface area contributed by atoms with E-state index in [2.05, 4.69) is 5.32 Å². The summed E-state index contributed by atoms with van der Waals surface area (Å²) in [5.41, 5.74) is 4.06. The molecule has 0 spiro atoms. The summed E-state index contributed by atoms with van der Waals surface area (Å²) < 4.78 is 5.88. The van der Waals surface area contributed by atoms with E-state index in [0.717, 1.165) is 22.3 Å². The first-order chi connectivity index (χ1) is 17.2. The summed E-state index contributed by atoms with van der Waals surface area (Å²) in [5, 5.41) is 3.60. The number of amides is 2. The van der Waals surface area contributed by atoms with E-state index >= 15 is 0 Å². The van der Waals surface area contributed by atoms with Gasteiger partial charge in [-0.15, -0.1) is 0 Å². The van der Waals surface area contributed by atoms with Crippen LogP contribution in [0.15, 0.2) is 72.8 Å². The summed E-state index contributed by atoms with van der Waals surface area (Å²) in [4.78, 5) is 28.7. The molecule has 190 valence electrons. The molecule has 0 radical (unpaired) electrons. The van der Waals surface area contributed by atoms with Crippen molar-refractivity contribution < 1.29 is 14.3 Å². The Morgan fingerprint density at radius 3 is 2.31 bits per heavy atom. The lowest BCUT2D eigenvalue weighted by molar-refractivity contribution is -0.142. The van der Waals surface area contributed by atoms with Gasteiger partial charge in [0.1, 0.15) is 11.8 Å². The van der Waals surface area contributed by atoms with Crippen LogP contribution in [0.5, 0.6) is 5.75 Å². The van der Waals surface area contributed by atoms with Crippen LogP contribution in [0, 0.1) is 19.8 Å². The van der Waals surface area contributed by atoms with Crippen molar-refractivity contribution in [2.45, 2.75) is 46.7 Å². The molecule has 0 saturated carbocycles. The first-order valence-corrected chi connectivity index (χ1v) is 12.7. The topological polar surface area (TPSA) is 58.6 Å². The standard InChI is InChI=1S/C30H35ClN2O3/c1-21(2)18-32-30(35)28(17-24-9-6-5-7-10-24)33(19-25-11-8-12-26(31)16-25)29(34)20-36-27-14-13-22(3)23(4)15-27/h5-16,21,28H,17-20H2,1-4H3,(H,32,35). The molecule has 3 aromatic rings. The number of aryl methyl sites for hydroxylation is 2. The number of carbonyl (C=O) groups excluding carboxylic acids is 2. The summed E-state index contributed by atoms with van der Waals surface area (Å²) in [6.07, 6.45) is 0.390. The molecule has 3 rings (SSSR count). The SMILES string of the molecule is Cc1ccc(OCC(=O)N(Cc2cccc(Cl)c2)C(Cc2ccccc2)C(=O)NCC(C)C)cc1C. The summed E-state index contributed by atoms with van der Waals surface area (Å²) in [6, 6.07) is 22.1. The van der Waals surface area contributed by atoms with Crippen LogP contribution in [-0.2, 0) is 22.6 Å². The fourth-order valence-corrected chi connectivity index (χ4v) is 4.05. The lowest BCUT2D eigenvalue weighted by atomic mass is 10.0. The maximum atomic E-state index is 13.6. The summed E-state index contributed by atoms with van der Waals surface area (Å²) >= 11 is 6.23. The summed E-state index contributed by atoms with van der Waals surface area (Å²) in [5.74, 6) is 0.456. The van der Waals surface area contributed by atoms with Crippen molar-refractivity contribution in [1.29, 1.82) is 0 Å². The van der Waals surface area contributed by atoms with Gasteiger partial charge < -0.3 is 15.0 Å². The molecule has 0 aliphatic rings. The van der Waals surface area contributed by atoms with Crippen molar-refractivity contribution in [3.05, 3.63) is 100 Å². The van der Waals surface area contributed by atoms with Gasteiger partial charge in [0.25, 0.3) is 5.91 Å². The van der Waals surface area contributed by atoms with Crippen LogP contribution in [0.3, 0.4) is 0 Å². The number of hydrogen-bond acceptors (Lipinski definition) is 3. The zero-order chi connectivity index (χ0) is 26.1. The Morgan fingerprint density at radius 2 is 1.64 bits per heavy atom. The van der Waals surface area contributed by atoms with Crippen LogP contribution < -0.4 is 10.1 Å². The normalized spacial score (nSPS) is 11.7. The Labute approximate surface area is 219 Å². The highest BCUT2D eigenvalue weighted by Crippen LogP contribution is 2.20. The Bertz CT molecular complexity index is 1160. The molecule has 0 aliphatic heterocycles. The van der Waals surface area contributed by atoms with Crippen molar-refractivity contribution in [3.63, 3.8) is 0 Å². The number of nitrogens with one attached hydrogen (secondary N) is 1. The lowest BCUT2D eigenvalue weighted by Crippen LogP contribution is -2.52. The number of benzene rings is 3. The van der Waals surface area contributed by atoms with Gasteiger partial charge in [-0.1, -0.05) is 74.0 Å². The Balaban J connectivity index is 1.90. The van der Waals surface area contributed by atoms with Gasteiger partial charge in [-0.25, -0.2) is 0 Å². The molecule has 36 heavy (non-hydrogen) atoms. The fraction of sp³-hybridized carbons (Fsp3) is 0.333. The van der Waals surface area contributed by atoms with E-state index in [1.165, 1.54) is 0 Å². The van der Waals surface area contributed by atoms with Gasteiger partial charge in [0.2, 0.25) is 5.91 Å². The molecule has 0 aromatic heterocycles. The maximum Gasteiger partial charge on any atom is 0.261 e. The van der Waals surface area contributed by atoms with Crippen LogP contribution in [0.1, 0.15) is 36.1 Å². The first kappa shape index (κ1) is 27.3. The van der Waals surface area contributed by atoms with Crippen LogP contribution in [-0.4, -0.2) is 35.9 Å². The average molecular weight is 507 g/mol. The molecule has 0 heterocycles. The zero-order valence-electron chi connectivity index (χ0n) is 21.5. The first-order valence-electron chi connectivity index (χ1n) is 12.3. The van der Waals surface area contributed by atoms with Gasteiger partial charge in [0.05, 0.1) is 0 Å². The van der Waals surface area contributed by atoms with Crippen molar-refractivity contribution in [2.75, 3.05) is 13.2 Å². The molecule has 3 aromatic carbocycles. The Hall–Kier alpha value is -3.31. The minimum atomic E-state index is -0.707.